The van der Waals surface area contributed by atoms with E-state index in [0.717, 1.165) is 16.6 Å². The molecule has 1 aromatic carbocycles. The SMILES string of the molecule is CC(C)c1ccc2cc(C(=O)NC(Cc3ccnn3C)C(=O)O)[nH]c2c1. The molecule has 2 aromatic heterocycles. The number of carboxylic acid groups (broad SMARTS) is 1. The first-order valence-electron chi connectivity index (χ1n) is 8.48. The maximum atomic E-state index is 12.5. The summed E-state index contributed by atoms with van der Waals surface area (Å²) in [6, 6.07) is 8.44. The van der Waals surface area contributed by atoms with E-state index in [9.17, 15) is 14.7 Å². The standard InChI is InChI=1S/C19H22N4O3/c1-11(2)12-4-5-13-9-16(21-15(13)8-12)18(24)22-17(19(25)26)10-14-6-7-20-23(14)3/h4-9,11,17,21H,10H2,1-3H3,(H,22,24)(H,25,26). The molecule has 0 saturated heterocycles. The van der Waals surface area contributed by atoms with Crippen LogP contribution in [0.1, 0.15) is 41.5 Å². The molecule has 0 aliphatic carbocycles. The minimum absolute atomic E-state index is 0.162. The minimum atomic E-state index is -1.09. The molecule has 1 atom stereocenters. The van der Waals surface area contributed by atoms with E-state index in [4.69, 9.17) is 0 Å². The van der Waals surface area contributed by atoms with Gasteiger partial charge in [0.1, 0.15) is 11.7 Å². The van der Waals surface area contributed by atoms with Gasteiger partial charge in [0.2, 0.25) is 0 Å². The van der Waals surface area contributed by atoms with Crippen molar-refractivity contribution < 1.29 is 14.7 Å². The topological polar surface area (TPSA) is 100 Å². The predicted octanol–water partition coefficient (Wildman–Crippen LogP) is 2.45. The number of carbonyl (C=O) groups is 2. The first-order valence-corrected chi connectivity index (χ1v) is 8.48. The summed E-state index contributed by atoms with van der Waals surface area (Å²) in [5.41, 5.74) is 3.11. The Kier molecular flexibility index (Phi) is 4.79. The maximum absolute atomic E-state index is 12.5. The van der Waals surface area contributed by atoms with Gasteiger partial charge >= 0.3 is 5.97 Å². The molecule has 0 saturated carbocycles. The first kappa shape index (κ1) is 17.7. The van der Waals surface area contributed by atoms with Crippen molar-refractivity contribution in [3.8, 4) is 0 Å². The number of nitrogens with zero attached hydrogens (tertiary/aromatic N) is 2. The molecule has 1 unspecified atom stereocenters. The Labute approximate surface area is 151 Å². The molecule has 7 nitrogen and oxygen atoms in total. The Morgan fingerprint density at radius 2 is 2.04 bits per heavy atom. The summed E-state index contributed by atoms with van der Waals surface area (Å²) in [6.45, 7) is 4.21. The van der Waals surface area contributed by atoms with Crippen LogP contribution in [0.15, 0.2) is 36.5 Å². The lowest BCUT2D eigenvalue weighted by molar-refractivity contribution is -0.139. The number of carboxylic acids is 1. The van der Waals surface area contributed by atoms with Gasteiger partial charge in [-0.15, -0.1) is 0 Å². The number of nitrogens with one attached hydrogen (secondary N) is 2. The summed E-state index contributed by atoms with van der Waals surface area (Å²) in [5.74, 6) is -1.14. The van der Waals surface area contributed by atoms with Crippen LogP contribution in [0.2, 0.25) is 0 Å². The van der Waals surface area contributed by atoms with Crippen LogP contribution in [0, 0.1) is 0 Å². The van der Waals surface area contributed by atoms with Crippen molar-refractivity contribution in [2.45, 2.75) is 32.2 Å². The molecule has 7 heteroatoms. The number of aromatic nitrogens is 3. The lowest BCUT2D eigenvalue weighted by atomic mass is 10.0. The van der Waals surface area contributed by atoms with Gasteiger partial charge in [0.05, 0.1) is 0 Å². The fraction of sp³-hybridized carbons (Fsp3) is 0.316. The smallest absolute Gasteiger partial charge is 0.326 e. The van der Waals surface area contributed by atoms with Crippen molar-refractivity contribution in [2.24, 2.45) is 7.05 Å². The zero-order chi connectivity index (χ0) is 18.8. The average Bonchev–Trinajstić information content (AvgIpc) is 3.19. The number of hydrogen-bond donors (Lipinski definition) is 3. The van der Waals surface area contributed by atoms with Crippen molar-refractivity contribution in [3.63, 3.8) is 0 Å². The van der Waals surface area contributed by atoms with Crippen molar-refractivity contribution in [3.05, 3.63) is 53.5 Å². The van der Waals surface area contributed by atoms with Crippen LogP contribution in [0.25, 0.3) is 10.9 Å². The van der Waals surface area contributed by atoms with Gasteiger partial charge in [-0.25, -0.2) is 4.79 Å². The van der Waals surface area contributed by atoms with Crippen molar-refractivity contribution in [1.29, 1.82) is 0 Å². The third kappa shape index (κ3) is 3.61. The van der Waals surface area contributed by atoms with Crippen LogP contribution in [0.5, 0.6) is 0 Å². The summed E-state index contributed by atoms with van der Waals surface area (Å²) in [7, 11) is 1.74. The normalized spacial score (nSPS) is 12.5. The van der Waals surface area contributed by atoms with Gasteiger partial charge in [0.15, 0.2) is 0 Å². The fourth-order valence-electron chi connectivity index (χ4n) is 2.87. The monoisotopic (exact) mass is 354 g/mol. The number of carbonyl (C=O) groups excluding carboxylic acids is 1. The Balaban J connectivity index is 1.80. The van der Waals surface area contributed by atoms with E-state index in [-0.39, 0.29) is 6.42 Å². The van der Waals surface area contributed by atoms with Gasteiger partial charge in [0, 0.05) is 36.3 Å². The van der Waals surface area contributed by atoms with Crippen molar-refractivity contribution in [1.82, 2.24) is 20.1 Å². The number of rotatable bonds is 6. The molecular weight excluding hydrogens is 332 g/mol. The van der Waals surface area contributed by atoms with Crippen LogP contribution in [0.4, 0.5) is 0 Å². The Hall–Kier alpha value is -3.09. The van der Waals surface area contributed by atoms with E-state index < -0.39 is 17.9 Å². The molecule has 0 bridgehead atoms. The lowest BCUT2D eigenvalue weighted by Gasteiger charge is -2.14. The highest BCUT2D eigenvalue weighted by atomic mass is 16.4. The maximum Gasteiger partial charge on any atom is 0.326 e. The molecular formula is C19H22N4O3. The number of benzene rings is 1. The number of hydrogen-bond acceptors (Lipinski definition) is 3. The summed E-state index contributed by atoms with van der Waals surface area (Å²) in [6.07, 6.45) is 1.76. The number of fused-ring (bicyclic) bond motifs is 1. The molecule has 0 aliphatic rings. The van der Waals surface area contributed by atoms with Gasteiger partial charge < -0.3 is 15.4 Å². The highest BCUT2D eigenvalue weighted by molar-refractivity contribution is 5.99. The first-order chi connectivity index (χ1) is 12.3. The van der Waals surface area contributed by atoms with Crippen LogP contribution < -0.4 is 5.32 Å². The van der Waals surface area contributed by atoms with Crippen molar-refractivity contribution in [2.75, 3.05) is 0 Å². The minimum Gasteiger partial charge on any atom is -0.480 e. The van der Waals surface area contributed by atoms with E-state index in [2.05, 4.69) is 29.2 Å². The molecule has 3 aromatic rings. The third-order valence-electron chi connectivity index (χ3n) is 4.50. The second-order valence-electron chi connectivity index (χ2n) is 6.70. The van der Waals surface area contributed by atoms with Gasteiger partial charge in [-0.2, -0.15) is 5.10 Å². The fourth-order valence-corrected chi connectivity index (χ4v) is 2.87. The highest BCUT2D eigenvalue weighted by Crippen LogP contribution is 2.22. The van der Waals surface area contributed by atoms with Gasteiger partial charge in [0.25, 0.3) is 5.91 Å². The lowest BCUT2D eigenvalue weighted by Crippen LogP contribution is -2.42. The molecule has 26 heavy (non-hydrogen) atoms. The molecule has 2 heterocycles. The summed E-state index contributed by atoms with van der Waals surface area (Å²) in [4.78, 5) is 27.2. The molecule has 136 valence electrons. The predicted molar refractivity (Wildman–Crippen MR) is 98.2 cm³/mol. The van der Waals surface area contributed by atoms with Crippen LogP contribution in [0.3, 0.4) is 0 Å². The number of amides is 1. The molecule has 3 rings (SSSR count). The van der Waals surface area contributed by atoms with Gasteiger partial charge in [-0.3, -0.25) is 9.48 Å². The summed E-state index contributed by atoms with van der Waals surface area (Å²) in [5, 5.41) is 17.0. The second-order valence-corrected chi connectivity index (χ2v) is 6.70. The number of aromatic amines is 1. The van der Waals surface area contributed by atoms with E-state index in [1.807, 2.05) is 18.2 Å². The van der Waals surface area contributed by atoms with E-state index in [1.54, 1.807) is 30.1 Å². The molecule has 3 N–H and O–H groups in total. The van der Waals surface area contributed by atoms with E-state index in [1.165, 1.54) is 5.56 Å². The largest absolute Gasteiger partial charge is 0.480 e. The van der Waals surface area contributed by atoms with Crippen LogP contribution in [-0.2, 0) is 18.3 Å². The number of aliphatic carboxylic acids is 1. The zero-order valence-corrected chi connectivity index (χ0v) is 15.0. The molecule has 0 radical (unpaired) electrons. The van der Waals surface area contributed by atoms with E-state index in [0.29, 0.717) is 11.6 Å². The molecule has 0 aliphatic heterocycles. The molecule has 0 fully saturated rings. The summed E-state index contributed by atoms with van der Waals surface area (Å²) >= 11 is 0. The third-order valence-corrected chi connectivity index (χ3v) is 4.50. The van der Waals surface area contributed by atoms with Crippen LogP contribution in [-0.4, -0.2) is 37.8 Å². The van der Waals surface area contributed by atoms with E-state index >= 15 is 0 Å². The quantitative estimate of drug-likeness (QED) is 0.633. The van der Waals surface area contributed by atoms with Crippen molar-refractivity contribution >= 4 is 22.8 Å². The summed E-state index contributed by atoms with van der Waals surface area (Å²) < 4.78 is 1.60. The Bertz CT molecular complexity index is 955. The average molecular weight is 354 g/mol. The molecule has 1 amide bonds. The second kappa shape index (κ2) is 7.03. The number of aryl methyl sites for hydroxylation is 1. The number of H-pyrrole nitrogens is 1. The van der Waals surface area contributed by atoms with Crippen LogP contribution >= 0.6 is 0 Å². The van der Waals surface area contributed by atoms with Gasteiger partial charge in [-0.1, -0.05) is 26.0 Å². The highest BCUT2D eigenvalue weighted by Gasteiger charge is 2.23. The Morgan fingerprint density at radius 3 is 2.65 bits per heavy atom. The molecule has 0 spiro atoms. The van der Waals surface area contributed by atoms with Gasteiger partial charge in [-0.05, 0) is 29.7 Å². The Morgan fingerprint density at radius 1 is 1.27 bits per heavy atom. The zero-order valence-electron chi connectivity index (χ0n) is 15.0.